The third-order valence-electron chi connectivity index (χ3n) is 9.66. The van der Waals surface area contributed by atoms with Crippen LogP contribution in [0.3, 0.4) is 0 Å². The quantitative estimate of drug-likeness (QED) is 0.163. The maximum absolute atomic E-state index is 5.16. The van der Waals surface area contributed by atoms with Crippen molar-refractivity contribution in [2.75, 3.05) is 0 Å². The first kappa shape index (κ1) is 32.4. The summed E-state index contributed by atoms with van der Waals surface area (Å²) in [7, 11) is 0. The molecule has 7 heteroatoms. The molecule has 6 nitrogen and oxygen atoms in total. The van der Waals surface area contributed by atoms with Crippen molar-refractivity contribution < 1.29 is 0 Å². The average Bonchev–Trinajstić information content (AvgIpc) is 3.66. The third-order valence-corrected chi connectivity index (χ3v) is 10.8. The van der Waals surface area contributed by atoms with E-state index in [4.69, 9.17) is 29.9 Å². The average molecular weight is 723 g/mol. The molecule has 5 aromatic carbocycles. The molecule has 0 saturated carbocycles. The molecule has 0 radical (unpaired) electrons. The van der Waals surface area contributed by atoms with Gasteiger partial charge in [0.15, 0.2) is 11.6 Å². The van der Waals surface area contributed by atoms with Crippen molar-refractivity contribution in [1.29, 1.82) is 0 Å². The number of fused-ring (bicyclic) bond motifs is 3. The van der Waals surface area contributed by atoms with Crippen molar-refractivity contribution in [1.82, 2.24) is 29.9 Å². The van der Waals surface area contributed by atoms with Gasteiger partial charge in [-0.05, 0) is 35.4 Å². The number of thiophene rings is 1. The van der Waals surface area contributed by atoms with E-state index in [1.165, 1.54) is 4.70 Å². The molecule has 0 unspecified atom stereocenters. The van der Waals surface area contributed by atoms with Crippen LogP contribution in [-0.2, 0) is 0 Å². The van der Waals surface area contributed by atoms with Gasteiger partial charge in [-0.3, -0.25) is 9.97 Å². The lowest BCUT2D eigenvalue weighted by atomic mass is 10.1. The Kier molecular flexibility index (Phi) is 8.24. The smallest absolute Gasteiger partial charge is 0.160 e. The van der Waals surface area contributed by atoms with Crippen molar-refractivity contribution in [2.45, 2.75) is 0 Å². The molecular formula is C48H30N6S. The molecule has 0 fully saturated rings. The summed E-state index contributed by atoms with van der Waals surface area (Å²) in [5.41, 5.74) is 12.0. The van der Waals surface area contributed by atoms with Crippen molar-refractivity contribution in [3.8, 4) is 79.1 Å². The van der Waals surface area contributed by atoms with E-state index >= 15 is 0 Å². The molecular weight excluding hydrogens is 693 g/mol. The summed E-state index contributed by atoms with van der Waals surface area (Å²) in [6.45, 7) is 0. The lowest BCUT2D eigenvalue weighted by Gasteiger charge is -2.11. The summed E-state index contributed by atoms with van der Waals surface area (Å²) in [6.07, 6.45) is 3.79. The number of benzene rings is 5. The van der Waals surface area contributed by atoms with E-state index in [1.54, 1.807) is 11.3 Å². The Bertz CT molecular complexity index is 2830. The first-order chi connectivity index (χ1) is 27.2. The van der Waals surface area contributed by atoms with E-state index in [-0.39, 0.29) is 0 Å². The molecule has 5 heterocycles. The van der Waals surface area contributed by atoms with Crippen LogP contribution in [0.5, 0.6) is 0 Å². The van der Waals surface area contributed by atoms with Crippen LogP contribution in [0, 0.1) is 0 Å². The van der Waals surface area contributed by atoms with Gasteiger partial charge in [-0.25, -0.2) is 19.9 Å². The van der Waals surface area contributed by atoms with Gasteiger partial charge < -0.3 is 0 Å². The second-order valence-electron chi connectivity index (χ2n) is 13.2. The maximum Gasteiger partial charge on any atom is 0.160 e. The summed E-state index contributed by atoms with van der Waals surface area (Å²) in [5.74, 6) is 1.24. The Morgan fingerprint density at radius 2 is 0.818 bits per heavy atom. The summed E-state index contributed by atoms with van der Waals surface area (Å²) >= 11 is 1.73. The second kappa shape index (κ2) is 14.0. The Morgan fingerprint density at radius 1 is 0.345 bits per heavy atom. The summed E-state index contributed by atoms with van der Waals surface area (Å²) < 4.78 is 2.28. The van der Waals surface area contributed by atoms with E-state index in [9.17, 15) is 0 Å². The van der Waals surface area contributed by atoms with Crippen molar-refractivity contribution in [3.63, 3.8) is 0 Å². The number of hydrogen-bond acceptors (Lipinski definition) is 7. The minimum atomic E-state index is 0.576. The molecule has 0 N–H and O–H groups in total. The van der Waals surface area contributed by atoms with Gasteiger partial charge in [0.1, 0.15) is 0 Å². The first-order valence-corrected chi connectivity index (χ1v) is 18.8. The van der Waals surface area contributed by atoms with Gasteiger partial charge in [0.05, 0.1) is 38.7 Å². The zero-order valence-electron chi connectivity index (χ0n) is 29.4. The molecule has 55 heavy (non-hydrogen) atoms. The Morgan fingerprint density at radius 3 is 1.35 bits per heavy atom. The Labute approximate surface area is 321 Å². The fourth-order valence-corrected chi connectivity index (χ4v) is 7.97. The van der Waals surface area contributed by atoms with Gasteiger partial charge in [0.2, 0.25) is 0 Å². The Hall–Kier alpha value is -7.22. The second-order valence-corrected chi connectivity index (χ2v) is 14.2. The van der Waals surface area contributed by atoms with Gasteiger partial charge in [0.25, 0.3) is 0 Å². The van der Waals surface area contributed by atoms with Crippen LogP contribution < -0.4 is 0 Å². The van der Waals surface area contributed by atoms with Crippen LogP contribution in [0.1, 0.15) is 0 Å². The van der Waals surface area contributed by atoms with Crippen LogP contribution in [0.15, 0.2) is 182 Å². The molecule has 0 saturated heterocycles. The lowest BCUT2D eigenvalue weighted by molar-refractivity contribution is 1.15. The molecule has 0 aliphatic heterocycles. The summed E-state index contributed by atoms with van der Waals surface area (Å²) in [4.78, 5) is 30.1. The number of rotatable bonds is 7. The van der Waals surface area contributed by atoms with Crippen molar-refractivity contribution in [3.05, 3.63) is 182 Å². The summed E-state index contributed by atoms with van der Waals surface area (Å²) in [5, 5.41) is 1.13. The molecule has 0 bridgehead atoms. The van der Waals surface area contributed by atoms with Gasteiger partial charge in [-0.2, -0.15) is 0 Å². The van der Waals surface area contributed by atoms with Gasteiger partial charge in [-0.15, -0.1) is 11.3 Å². The van der Waals surface area contributed by atoms with Crippen LogP contribution in [-0.4, -0.2) is 29.9 Å². The molecule has 0 atom stereocenters. The highest BCUT2D eigenvalue weighted by Gasteiger charge is 2.18. The van der Waals surface area contributed by atoms with Gasteiger partial charge in [-0.1, -0.05) is 146 Å². The molecule has 0 aliphatic carbocycles. The minimum absolute atomic E-state index is 0.576. The molecule has 0 spiro atoms. The van der Waals surface area contributed by atoms with Crippen LogP contribution in [0.25, 0.3) is 99.4 Å². The molecule has 0 aliphatic rings. The lowest BCUT2D eigenvalue weighted by Crippen LogP contribution is -1.98. The van der Waals surface area contributed by atoms with E-state index in [0.29, 0.717) is 23.0 Å². The zero-order valence-corrected chi connectivity index (χ0v) is 30.2. The molecule has 5 aromatic heterocycles. The predicted molar refractivity (Wildman–Crippen MR) is 224 cm³/mol. The fourth-order valence-electron chi connectivity index (χ4n) is 6.81. The third kappa shape index (κ3) is 6.33. The van der Waals surface area contributed by atoms with Gasteiger partial charge in [0, 0.05) is 50.3 Å². The highest BCUT2D eigenvalue weighted by atomic mass is 32.1. The van der Waals surface area contributed by atoms with Crippen molar-refractivity contribution in [2.24, 2.45) is 0 Å². The minimum Gasteiger partial charge on any atom is -0.254 e. The highest BCUT2D eigenvalue weighted by Crippen LogP contribution is 2.39. The van der Waals surface area contributed by atoms with E-state index in [0.717, 1.165) is 71.6 Å². The number of hydrogen-bond donors (Lipinski definition) is 0. The zero-order chi connectivity index (χ0) is 36.6. The standard InChI is InChI=1S/C48H30N6S/c1-4-12-31(13-5-1)36-24-26-39(49-29-36)41-28-42(40-27-25-37(30-50-40)32-14-6-2-7-15-32)52-47(51-41)34-20-22-35(23-21-34)48-53-44(33-16-8-3-9-17-33)46-45(54-48)38-18-10-11-19-43(38)55-46/h1-30H. The number of pyridine rings is 2. The molecule has 258 valence electrons. The van der Waals surface area contributed by atoms with Gasteiger partial charge >= 0.3 is 0 Å². The van der Waals surface area contributed by atoms with Crippen LogP contribution in [0.4, 0.5) is 0 Å². The first-order valence-electron chi connectivity index (χ1n) is 18.0. The molecule has 10 rings (SSSR count). The van der Waals surface area contributed by atoms with Crippen molar-refractivity contribution >= 4 is 31.6 Å². The van der Waals surface area contributed by atoms with E-state index in [2.05, 4.69) is 84.9 Å². The number of aromatic nitrogens is 6. The van der Waals surface area contributed by atoms with Crippen LogP contribution >= 0.6 is 11.3 Å². The molecule has 10 aromatic rings. The predicted octanol–water partition coefficient (Wildman–Crippen LogP) is 12.1. The fraction of sp³-hybridized carbons (Fsp3) is 0. The maximum atomic E-state index is 5.16. The number of nitrogens with zero attached hydrogens (tertiary/aromatic N) is 6. The Balaban J connectivity index is 1.06. The highest BCUT2D eigenvalue weighted by molar-refractivity contribution is 7.26. The monoisotopic (exact) mass is 722 g/mol. The largest absolute Gasteiger partial charge is 0.254 e. The SMILES string of the molecule is c1ccc(-c2ccc(-c3cc(-c4ccc(-c5ccccc5)cn4)nc(-c4ccc(-c5nc(-c6ccccc6)c6sc7ccccc7c6n5)cc4)n3)nc2)cc1. The topological polar surface area (TPSA) is 77.3 Å². The normalized spacial score (nSPS) is 11.3. The van der Waals surface area contributed by atoms with Crippen LogP contribution in [0.2, 0.25) is 0 Å². The van der Waals surface area contributed by atoms with E-state index in [1.807, 2.05) is 97.3 Å². The summed E-state index contributed by atoms with van der Waals surface area (Å²) in [6, 6.07) is 57.6. The molecule has 0 amide bonds. The van der Waals surface area contributed by atoms with E-state index < -0.39 is 0 Å².